The van der Waals surface area contributed by atoms with E-state index in [0.29, 0.717) is 29.7 Å². The normalized spacial score (nSPS) is 21.6. The number of fused-ring (bicyclic) bond motifs is 3. The zero-order chi connectivity index (χ0) is 26.5. The molecule has 2 aromatic carbocycles. The number of ether oxygens (including phenoxy) is 1. The number of benzene rings is 2. The Bertz CT molecular complexity index is 1110. The van der Waals surface area contributed by atoms with Gasteiger partial charge in [0.25, 0.3) is 0 Å². The third-order valence-electron chi connectivity index (χ3n) is 7.79. The number of phenols is 2. The van der Waals surface area contributed by atoms with Crippen LogP contribution in [0.3, 0.4) is 0 Å². The fourth-order valence-electron chi connectivity index (χ4n) is 5.81. The summed E-state index contributed by atoms with van der Waals surface area (Å²) in [5.74, 6) is 2.86. The van der Waals surface area contributed by atoms with Gasteiger partial charge in [0, 0.05) is 53.1 Å². The quantitative estimate of drug-likeness (QED) is 0.188. The largest absolute Gasteiger partial charge is 0.508 e. The van der Waals surface area contributed by atoms with Gasteiger partial charge in [-0.1, -0.05) is 37.8 Å². The molecule has 9 heteroatoms. The van der Waals surface area contributed by atoms with Gasteiger partial charge >= 0.3 is 6.03 Å². The highest BCUT2D eigenvalue weighted by atomic mass is 32.2. The van der Waals surface area contributed by atoms with E-state index in [2.05, 4.69) is 16.0 Å². The number of thioether (sulfide) groups is 1. The van der Waals surface area contributed by atoms with Crippen molar-refractivity contribution in [3.8, 4) is 23.0 Å². The molecule has 0 aromatic heterocycles. The molecule has 3 aliphatic heterocycles. The van der Waals surface area contributed by atoms with Gasteiger partial charge in [-0.05, 0) is 37.8 Å². The minimum Gasteiger partial charge on any atom is -0.508 e. The van der Waals surface area contributed by atoms with E-state index in [9.17, 15) is 19.8 Å². The molecule has 0 aliphatic carbocycles. The van der Waals surface area contributed by atoms with E-state index in [4.69, 9.17) is 4.74 Å². The molecule has 3 unspecified atom stereocenters. The first-order chi connectivity index (χ1) is 18.5. The topological polar surface area (TPSA) is 120 Å². The van der Waals surface area contributed by atoms with E-state index in [1.54, 1.807) is 24.3 Å². The summed E-state index contributed by atoms with van der Waals surface area (Å²) in [5, 5.41) is 29.3. The van der Waals surface area contributed by atoms with Gasteiger partial charge < -0.3 is 30.9 Å². The molecular weight excluding hydrogens is 502 g/mol. The van der Waals surface area contributed by atoms with Crippen LogP contribution in [0, 0.1) is 0 Å². The second-order valence-electron chi connectivity index (χ2n) is 10.5. The average molecular weight is 540 g/mol. The van der Waals surface area contributed by atoms with Crippen LogP contribution in [-0.2, 0) is 4.79 Å². The molecule has 5 rings (SSSR count). The van der Waals surface area contributed by atoms with Crippen molar-refractivity contribution in [1.82, 2.24) is 16.0 Å². The smallest absolute Gasteiger partial charge is 0.315 e. The van der Waals surface area contributed by atoms with Crippen LogP contribution < -0.4 is 20.7 Å². The summed E-state index contributed by atoms with van der Waals surface area (Å²) >= 11 is 1.92. The first-order valence-electron chi connectivity index (χ1n) is 13.8. The highest BCUT2D eigenvalue weighted by Gasteiger charge is 2.42. The lowest BCUT2D eigenvalue weighted by molar-refractivity contribution is -0.121. The van der Waals surface area contributed by atoms with E-state index < -0.39 is 0 Å². The van der Waals surface area contributed by atoms with Crippen molar-refractivity contribution in [1.29, 1.82) is 0 Å². The van der Waals surface area contributed by atoms with Crippen molar-refractivity contribution in [2.45, 2.75) is 81.0 Å². The molecule has 2 saturated heterocycles. The second kappa shape index (κ2) is 12.2. The van der Waals surface area contributed by atoms with Gasteiger partial charge in [0.05, 0.1) is 12.1 Å². The van der Waals surface area contributed by atoms with E-state index >= 15 is 0 Å². The van der Waals surface area contributed by atoms with Gasteiger partial charge in [0.1, 0.15) is 23.0 Å². The molecule has 0 spiro atoms. The van der Waals surface area contributed by atoms with Crippen molar-refractivity contribution in [3.05, 3.63) is 47.5 Å². The predicted octanol–water partition coefficient (Wildman–Crippen LogP) is 5.13. The summed E-state index contributed by atoms with van der Waals surface area (Å²) in [6.45, 7) is 0.709. The van der Waals surface area contributed by atoms with Crippen molar-refractivity contribution in [2.24, 2.45) is 0 Å². The Morgan fingerprint density at radius 2 is 1.61 bits per heavy atom. The molecule has 5 N–H and O–H groups in total. The Hall–Kier alpha value is -3.07. The molecular formula is C29H37N3O5S. The van der Waals surface area contributed by atoms with Crippen LogP contribution in [-0.4, -0.2) is 51.8 Å². The van der Waals surface area contributed by atoms with Crippen LogP contribution >= 0.6 is 11.8 Å². The number of carbonyl (C=O) groups is 2. The molecule has 0 radical (unpaired) electrons. The zero-order valence-corrected chi connectivity index (χ0v) is 22.4. The molecule has 3 heterocycles. The number of hydrogen-bond acceptors (Lipinski definition) is 6. The maximum atomic E-state index is 12.2. The van der Waals surface area contributed by atoms with Crippen molar-refractivity contribution in [3.63, 3.8) is 0 Å². The number of amides is 3. The standard InChI is InChI=1S/C29H37N3O5S/c33-18-10-12-21-20(22-13-11-19(34)16-25(22)37-24(21)15-18)7-3-1-2-6-14-30-27(35)9-5-4-8-26-28-23(17-38-26)31-29(36)32-28/h10-13,15-16,20,23,26,28,33-34H,1-9,14,17H2,(H,30,35)(H2,31,32,36). The molecule has 0 saturated carbocycles. The molecule has 2 aromatic rings. The maximum Gasteiger partial charge on any atom is 0.315 e. The first kappa shape index (κ1) is 26.5. The van der Waals surface area contributed by atoms with Crippen LogP contribution in [0.1, 0.15) is 74.8 Å². The van der Waals surface area contributed by atoms with E-state index in [1.165, 1.54) is 0 Å². The monoisotopic (exact) mass is 539 g/mol. The van der Waals surface area contributed by atoms with Crippen LogP contribution in [0.25, 0.3) is 0 Å². The van der Waals surface area contributed by atoms with Gasteiger partial charge in [-0.15, -0.1) is 0 Å². The predicted molar refractivity (Wildman–Crippen MR) is 148 cm³/mol. The fraction of sp³-hybridized carbons (Fsp3) is 0.517. The second-order valence-corrected chi connectivity index (χ2v) is 11.8. The van der Waals surface area contributed by atoms with E-state index in [-0.39, 0.29) is 41.4 Å². The van der Waals surface area contributed by atoms with Crippen LogP contribution in [0.4, 0.5) is 4.79 Å². The number of carbonyl (C=O) groups excluding carboxylic acids is 2. The van der Waals surface area contributed by atoms with Gasteiger partial charge in [-0.3, -0.25) is 4.79 Å². The highest BCUT2D eigenvalue weighted by molar-refractivity contribution is 8.00. The molecule has 38 heavy (non-hydrogen) atoms. The van der Waals surface area contributed by atoms with Crippen molar-refractivity contribution < 1.29 is 24.5 Å². The summed E-state index contributed by atoms with van der Waals surface area (Å²) in [5.41, 5.74) is 2.12. The van der Waals surface area contributed by atoms with Gasteiger partial charge in [0.15, 0.2) is 0 Å². The Morgan fingerprint density at radius 1 is 0.921 bits per heavy atom. The summed E-state index contributed by atoms with van der Waals surface area (Å²) in [6, 6.07) is 10.9. The Kier molecular flexibility index (Phi) is 8.51. The van der Waals surface area contributed by atoms with Gasteiger partial charge in [-0.25, -0.2) is 4.79 Å². The van der Waals surface area contributed by atoms with E-state index in [1.807, 2.05) is 23.9 Å². The number of phenolic OH excluding ortho intramolecular Hbond substituents is 2. The minimum atomic E-state index is -0.0498. The number of nitrogens with one attached hydrogen (secondary N) is 3. The van der Waals surface area contributed by atoms with Crippen molar-refractivity contribution >= 4 is 23.7 Å². The lowest BCUT2D eigenvalue weighted by Crippen LogP contribution is -2.36. The maximum absolute atomic E-state index is 12.2. The van der Waals surface area contributed by atoms with Crippen LogP contribution in [0.2, 0.25) is 0 Å². The van der Waals surface area contributed by atoms with Crippen LogP contribution in [0.15, 0.2) is 36.4 Å². The number of rotatable bonds is 12. The molecule has 204 valence electrons. The Morgan fingerprint density at radius 3 is 2.34 bits per heavy atom. The average Bonchev–Trinajstić information content (AvgIpc) is 3.44. The zero-order valence-electron chi connectivity index (χ0n) is 21.6. The molecule has 3 amide bonds. The highest BCUT2D eigenvalue weighted by Crippen LogP contribution is 2.48. The molecule has 2 fully saturated rings. The third-order valence-corrected chi connectivity index (χ3v) is 9.30. The van der Waals surface area contributed by atoms with Gasteiger partial charge in [0.2, 0.25) is 5.91 Å². The SMILES string of the molecule is O=C(CCCCC1SCC2NC(=O)NC21)NCCCCCCC1c2ccc(O)cc2Oc2cc(O)ccc21. The summed E-state index contributed by atoms with van der Waals surface area (Å²) in [4.78, 5) is 23.7. The Balaban J connectivity index is 0.961. The number of aromatic hydroxyl groups is 2. The van der Waals surface area contributed by atoms with Gasteiger partial charge in [-0.2, -0.15) is 11.8 Å². The number of hydrogen-bond donors (Lipinski definition) is 5. The minimum absolute atomic E-state index is 0.0498. The summed E-state index contributed by atoms with van der Waals surface area (Å²) in [7, 11) is 0. The van der Waals surface area contributed by atoms with Crippen LogP contribution in [0.5, 0.6) is 23.0 Å². The lowest BCUT2D eigenvalue weighted by atomic mass is 9.84. The van der Waals surface area contributed by atoms with E-state index in [0.717, 1.165) is 68.2 Å². The summed E-state index contributed by atoms with van der Waals surface area (Å²) in [6.07, 6.45) is 8.55. The fourth-order valence-corrected chi connectivity index (χ4v) is 7.36. The summed E-state index contributed by atoms with van der Waals surface area (Å²) < 4.78 is 5.95. The number of unbranched alkanes of at least 4 members (excludes halogenated alkanes) is 4. The lowest BCUT2D eigenvalue weighted by Gasteiger charge is -2.28. The Labute approximate surface area is 227 Å². The molecule has 0 bridgehead atoms. The molecule has 8 nitrogen and oxygen atoms in total. The van der Waals surface area contributed by atoms with Crippen molar-refractivity contribution in [2.75, 3.05) is 12.3 Å². The number of urea groups is 1. The third kappa shape index (κ3) is 6.31. The molecule has 3 atom stereocenters. The molecule has 3 aliphatic rings. The first-order valence-corrected chi connectivity index (χ1v) is 14.8.